The van der Waals surface area contributed by atoms with Crippen LogP contribution < -0.4 is 10.6 Å². The average molecular weight is 281 g/mol. The normalized spacial score (nSPS) is 13.2. The quantitative estimate of drug-likeness (QED) is 0.894. The first-order valence-electron chi connectivity index (χ1n) is 5.11. The van der Waals surface area contributed by atoms with E-state index in [2.05, 4.69) is 10.6 Å². The molecule has 0 saturated heterocycles. The molecule has 0 spiro atoms. The van der Waals surface area contributed by atoms with Gasteiger partial charge in [-0.2, -0.15) is 13.2 Å². The molecule has 0 aliphatic carbocycles. The van der Waals surface area contributed by atoms with Gasteiger partial charge in [-0.25, -0.2) is 0 Å². The van der Waals surface area contributed by atoms with Crippen LogP contribution in [0.2, 0.25) is 5.02 Å². The summed E-state index contributed by atoms with van der Waals surface area (Å²) in [6.07, 6.45) is -4.57. The van der Waals surface area contributed by atoms with E-state index in [-0.39, 0.29) is 5.02 Å². The van der Waals surface area contributed by atoms with E-state index in [4.69, 9.17) is 11.6 Å². The molecule has 0 aliphatic heterocycles. The van der Waals surface area contributed by atoms with E-state index in [1.165, 1.54) is 26.1 Å². The maximum Gasteiger partial charge on any atom is 0.418 e. The minimum absolute atomic E-state index is 0.151. The number of hydrogen-bond donors (Lipinski definition) is 2. The lowest BCUT2D eigenvalue weighted by molar-refractivity contribution is -0.137. The lowest BCUT2D eigenvalue weighted by atomic mass is 10.1. The number of benzene rings is 1. The third-order valence-electron chi connectivity index (χ3n) is 2.39. The number of rotatable bonds is 3. The summed E-state index contributed by atoms with van der Waals surface area (Å²) < 4.78 is 38.2. The van der Waals surface area contributed by atoms with Crippen LogP contribution in [0.4, 0.5) is 18.9 Å². The Morgan fingerprint density at radius 1 is 1.39 bits per heavy atom. The molecular weight excluding hydrogens is 269 g/mol. The van der Waals surface area contributed by atoms with Crippen molar-refractivity contribution in [3.05, 3.63) is 28.8 Å². The Morgan fingerprint density at radius 2 is 2.00 bits per heavy atom. The van der Waals surface area contributed by atoms with Crippen molar-refractivity contribution in [3.8, 4) is 0 Å². The molecule has 0 bridgehead atoms. The fourth-order valence-electron chi connectivity index (χ4n) is 1.25. The largest absolute Gasteiger partial charge is 0.418 e. The van der Waals surface area contributed by atoms with Gasteiger partial charge in [0.15, 0.2) is 0 Å². The highest BCUT2D eigenvalue weighted by Crippen LogP contribution is 2.38. The van der Waals surface area contributed by atoms with Gasteiger partial charge in [0, 0.05) is 0 Å². The molecule has 100 valence electrons. The summed E-state index contributed by atoms with van der Waals surface area (Å²) in [5.74, 6) is -0.587. The number of halogens is 4. The Morgan fingerprint density at radius 3 is 2.50 bits per heavy atom. The van der Waals surface area contributed by atoms with E-state index in [0.717, 1.165) is 6.07 Å². The molecular formula is C11H12ClF3N2O. The van der Waals surface area contributed by atoms with Gasteiger partial charge in [-0.15, -0.1) is 0 Å². The van der Waals surface area contributed by atoms with Crippen molar-refractivity contribution in [2.75, 3.05) is 12.4 Å². The fraction of sp³-hybridized carbons (Fsp3) is 0.364. The van der Waals surface area contributed by atoms with E-state index in [1.54, 1.807) is 0 Å². The van der Waals surface area contributed by atoms with Crippen LogP contribution in [0.25, 0.3) is 0 Å². The first-order valence-corrected chi connectivity index (χ1v) is 5.49. The predicted molar refractivity (Wildman–Crippen MR) is 63.6 cm³/mol. The van der Waals surface area contributed by atoms with Gasteiger partial charge in [0.05, 0.1) is 22.3 Å². The Balaban J connectivity index is 3.12. The molecule has 0 saturated carbocycles. The van der Waals surface area contributed by atoms with Gasteiger partial charge in [-0.05, 0) is 26.1 Å². The fourth-order valence-corrected chi connectivity index (χ4v) is 1.47. The van der Waals surface area contributed by atoms with E-state index < -0.39 is 29.4 Å². The Kier molecular flexibility index (Phi) is 4.59. The van der Waals surface area contributed by atoms with Crippen LogP contribution in [-0.2, 0) is 11.0 Å². The number of hydrogen-bond acceptors (Lipinski definition) is 2. The maximum atomic E-state index is 12.7. The Labute approximate surface area is 107 Å². The molecule has 1 unspecified atom stereocenters. The molecule has 18 heavy (non-hydrogen) atoms. The highest BCUT2D eigenvalue weighted by molar-refractivity contribution is 6.34. The van der Waals surface area contributed by atoms with E-state index >= 15 is 0 Å². The molecule has 1 atom stereocenters. The van der Waals surface area contributed by atoms with Crippen molar-refractivity contribution in [2.24, 2.45) is 0 Å². The number of alkyl halides is 3. The van der Waals surface area contributed by atoms with Crippen molar-refractivity contribution in [1.82, 2.24) is 5.32 Å². The highest BCUT2D eigenvalue weighted by atomic mass is 35.5. The number of anilines is 1. The van der Waals surface area contributed by atoms with Gasteiger partial charge in [0.1, 0.15) is 0 Å². The van der Waals surface area contributed by atoms with Gasteiger partial charge >= 0.3 is 6.18 Å². The molecule has 0 radical (unpaired) electrons. The number of likely N-dealkylation sites (N-methyl/N-ethyl adjacent to an activating group) is 1. The Hall–Kier alpha value is -1.27. The second-order valence-corrected chi connectivity index (χ2v) is 4.07. The molecule has 0 aromatic heterocycles. The van der Waals surface area contributed by atoms with E-state index in [1.807, 2.05) is 0 Å². The van der Waals surface area contributed by atoms with Crippen molar-refractivity contribution < 1.29 is 18.0 Å². The average Bonchev–Trinajstić information content (AvgIpc) is 2.29. The molecule has 7 heteroatoms. The summed E-state index contributed by atoms with van der Waals surface area (Å²) in [7, 11) is 1.53. The summed E-state index contributed by atoms with van der Waals surface area (Å²) in [6, 6.07) is 2.71. The summed E-state index contributed by atoms with van der Waals surface area (Å²) in [5.41, 5.74) is -1.38. The second-order valence-electron chi connectivity index (χ2n) is 3.66. The van der Waals surface area contributed by atoms with Gasteiger partial charge in [0.2, 0.25) is 5.91 Å². The van der Waals surface area contributed by atoms with Gasteiger partial charge in [0.25, 0.3) is 0 Å². The second kappa shape index (κ2) is 5.58. The van der Waals surface area contributed by atoms with Crippen molar-refractivity contribution in [3.63, 3.8) is 0 Å². The molecule has 0 fully saturated rings. The topological polar surface area (TPSA) is 41.1 Å². The SMILES string of the molecule is CNC(C)C(=O)Nc1c(Cl)cccc1C(F)(F)F. The molecule has 1 rings (SSSR count). The van der Waals surface area contributed by atoms with Gasteiger partial charge in [-0.3, -0.25) is 4.79 Å². The van der Waals surface area contributed by atoms with Crippen LogP contribution >= 0.6 is 11.6 Å². The standard InChI is InChI=1S/C11H12ClF3N2O/c1-6(16-2)10(18)17-9-7(11(13,14)15)4-3-5-8(9)12/h3-6,16H,1-2H3,(H,17,18). The summed E-state index contributed by atoms with van der Waals surface area (Å²) in [4.78, 5) is 11.6. The van der Waals surface area contributed by atoms with Crippen LogP contribution in [0.15, 0.2) is 18.2 Å². The lowest BCUT2D eigenvalue weighted by Crippen LogP contribution is -2.36. The molecule has 2 N–H and O–H groups in total. The lowest BCUT2D eigenvalue weighted by Gasteiger charge is -2.17. The number of amides is 1. The van der Waals surface area contributed by atoms with Crippen LogP contribution in [0.5, 0.6) is 0 Å². The predicted octanol–water partition coefficient (Wildman–Crippen LogP) is 2.91. The van der Waals surface area contributed by atoms with Gasteiger partial charge < -0.3 is 10.6 Å². The van der Waals surface area contributed by atoms with Crippen molar-refractivity contribution in [2.45, 2.75) is 19.1 Å². The van der Waals surface area contributed by atoms with E-state index in [9.17, 15) is 18.0 Å². The third kappa shape index (κ3) is 3.36. The van der Waals surface area contributed by atoms with Crippen LogP contribution in [0.1, 0.15) is 12.5 Å². The molecule has 1 aromatic rings. The smallest absolute Gasteiger partial charge is 0.323 e. The Bertz CT molecular complexity index is 448. The highest BCUT2D eigenvalue weighted by Gasteiger charge is 2.35. The molecule has 1 aromatic carbocycles. The summed E-state index contributed by atoms with van der Waals surface area (Å²) in [5, 5.41) is 4.66. The molecule has 0 heterocycles. The van der Waals surface area contributed by atoms with Crippen molar-refractivity contribution in [1.29, 1.82) is 0 Å². The zero-order valence-corrected chi connectivity index (χ0v) is 10.5. The number of carbonyl (C=O) groups excluding carboxylic acids is 1. The number of para-hydroxylation sites is 1. The minimum Gasteiger partial charge on any atom is -0.323 e. The zero-order chi connectivity index (χ0) is 13.9. The summed E-state index contributed by atoms with van der Waals surface area (Å²) >= 11 is 5.69. The molecule has 1 amide bonds. The number of carbonyl (C=O) groups is 1. The molecule has 3 nitrogen and oxygen atoms in total. The van der Waals surface area contributed by atoms with Crippen LogP contribution in [0.3, 0.4) is 0 Å². The summed E-state index contributed by atoms with van der Waals surface area (Å²) in [6.45, 7) is 1.53. The third-order valence-corrected chi connectivity index (χ3v) is 2.71. The maximum absolute atomic E-state index is 12.7. The minimum atomic E-state index is -4.57. The van der Waals surface area contributed by atoms with Crippen molar-refractivity contribution >= 4 is 23.2 Å². The van der Waals surface area contributed by atoms with Gasteiger partial charge in [-0.1, -0.05) is 17.7 Å². The molecule has 0 aliphatic rings. The zero-order valence-electron chi connectivity index (χ0n) is 9.73. The van der Waals surface area contributed by atoms with Crippen LogP contribution in [0, 0.1) is 0 Å². The van der Waals surface area contributed by atoms with E-state index in [0.29, 0.717) is 0 Å². The first kappa shape index (κ1) is 14.8. The number of nitrogens with one attached hydrogen (secondary N) is 2. The monoisotopic (exact) mass is 280 g/mol. The first-order chi connectivity index (χ1) is 8.27. The van der Waals surface area contributed by atoms with Crippen LogP contribution in [-0.4, -0.2) is 19.0 Å².